The minimum Gasteiger partial charge on any atom is -0.287 e. The zero-order valence-corrected chi connectivity index (χ0v) is 10.2. The first-order chi connectivity index (χ1) is 8.15. The lowest BCUT2D eigenvalue weighted by molar-refractivity contribution is 0.105. The fraction of sp³-hybridized carbons (Fsp3) is 0.167. The third kappa shape index (κ3) is 2.46. The van der Waals surface area contributed by atoms with Crippen LogP contribution in [0.5, 0.6) is 0 Å². The van der Waals surface area contributed by atoms with Crippen LogP contribution in [0.1, 0.15) is 6.92 Å². The average Bonchev–Trinajstić information content (AvgIpc) is 2.36. The second-order valence-electron chi connectivity index (χ2n) is 3.50. The second-order valence-corrected chi connectivity index (χ2v) is 5.11. The molecule has 0 bridgehead atoms. The summed E-state index contributed by atoms with van der Waals surface area (Å²) < 4.78 is 23.9. The highest BCUT2D eigenvalue weighted by Crippen LogP contribution is 2.22. The summed E-state index contributed by atoms with van der Waals surface area (Å²) in [7, 11) is -3.62. The molecular formula is C12H13NO3S. The Morgan fingerprint density at radius 2 is 1.82 bits per heavy atom. The number of rotatable bonds is 4. The van der Waals surface area contributed by atoms with E-state index in [0.29, 0.717) is 5.39 Å². The van der Waals surface area contributed by atoms with Crippen molar-refractivity contribution >= 4 is 20.8 Å². The van der Waals surface area contributed by atoms with Crippen molar-refractivity contribution in [2.45, 2.75) is 11.8 Å². The molecule has 2 aromatic rings. The second kappa shape index (κ2) is 4.83. The number of nitrogens with one attached hydrogen (secondary N) is 1. The minimum absolute atomic E-state index is 0.226. The Balaban J connectivity index is 2.55. The maximum Gasteiger partial charge on any atom is 0.263 e. The quantitative estimate of drug-likeness (QED) is 0.846. The molecule has 0 heterocycles. The maximum absolute atomic E-state index is 12.0. The molecule has 0 aliphatic rings. The molecule has 0 saturated heterocycles. The summed E-state index contributed by atoms with van der Waals surface area (Å²) in [6.07, 6.45) is 0. The highest BCUT2D eigenvalue weighted by molar-refractivity contribution is 7.89. The molecule has 90 valence electrons. The van der Waals surface area contributed by atoms with Crippen LogP contribution in [0.15, 0.2) is 47.4 Å². The third-order valence-corrected chi connectivity index (χ3v) is 3.62. The fourth-order valence-electron chi connectivity index (χ4n) is 1.61. The van der Waals surface area contributed by atoms with Crippen molar-refractivity contribution in [1.29, 1.82) is 0 Å². The van der Waals surface area contributed by atoms with Crippen molar-refractivity contribution in [2.75, 3.05) is 6.61 Å². The van der Waals surface area contributed by atoms with Gasteiger partial charge in [-0.2, -0.15) is 0 Å². The van der Waals surface area contributed by atoms with Crippen LogP contribution in [-0.2, 0) is 14.9 Å². The molecule has 0 spiro atoms. The van der Waals surface area contributed by atoms with Crippen LogP contribution >= 0.6 is 0 Å². The number of hydrogen-bond acceptors (Lipinski definition) is 3. The average molecular weight is 251 g/mol. The van der Waals surface area contributed by atoms with Crippen LogP contribution in [0.4, 0.5) is 0 Å². The van der Waals surface area contributed by atoms with Gasteiger partial charge in [-0.05, 0) is 18.4 Å². The van der Waals surface area contributed by atoms with Crippen molar-refractivity contribution in [2.24, 2.45) is 0 Å². The molecule has 0 atom stereocenters. The molecule has 0 aliphatic heterocycles. The van der Waals surface area contributed by atoms with Gasteiger partial charge in [-0.1, -0.05) is 41.3 Å². The third-order valence-electron chi connectivity index (χ3n) is 2.35. The smallest absolute Gasteiger partial charge is 0.263 e. The van der Waals surface area contributed by atoms with Crippen molar-refractivity contribution in [3.8, 4) is 0 Å². The molecule has 0 saturated carbocycles. The predicted octanol–water partition coefficient (Wildman–Crippen LogP) is 2.07. The van der Waals surface area contributed by atoms with E-state index in [1.165, 1.54) is 0 Å². The van der Waals surface area contributed by atoms with Crippen molar-refractivity contribution in [3.05, 3.63) is 42.5 Å². The molecule has 1 N–H and O–H groups in total. The SMILES string of the molecule is CCONS(=O)(=O)c1cccc2ccccc12. The normalized spacial score (nSPS) is 11.8. The molecule has 0 aliphatic carbocycles. The molecule has 0 unspecified atom stereocenters. The monoisotopic (exact) mass is 251 g/mol. The summed E-state index contributed by atoms with van der Waals surface area (Å²) in [6, 6.07) is 12.5. The first kappa shape index (κ1) is 12.0. The van der Waals surface area contributed by atoms with Gasteiger partial charge in [0.15, 0.2) is 0 Å². The van der Waals surface area contributed by atoms with Crippen molar-refractivity contribution < 1.29 is 13.3 Å². The van der Waals surface area contributed by atoms with Gasteiger partial charge < -0.3 is 0 Å². The van der Waals surface area contributed by atoms with Gasteiger partial charge in [0.25, 0.3) is 10.0 Å². The molecule has 0 amide bonds. The van der Waals surface area contributed by atoms with Gasteiger partial charge in [0, 0.05) is 5.39 Å². The maximum atomic E-state index is 12.0. The van der Waals surface area contributed by atoms with Crippen molar-refractivity contribution in [1.82, 2.24) is 4.89 Å². The van der Waals surface area contributed by atoms with Gasteiger partial charge in [-0.25, -0.2) is 8.42 Å². The number of fused-ring (bicyclic) bond motifs is 1. The number of benzene rings is 2. The largest absolute Gasteiger partial charge is 0.287 e. The van der Waals surface area contributed by atoms with Gasteiger partial charge >= 0.3 is 0 Å². The molecule has 5 heteroatoms. The molecule has 4 nitrogen and oxygen atoms in total. The molecule has 2 aromatic carbocycles. The summed E-state index contributed by atoms with van der Waals surface area (Å²) >= 11 is 0. The molecular weight excluding hydrogens is 238 g/mol. The Bertz CT molecular complexity index is 617. The Hall–Kier alpha value is -1.43. The van der Waals surface area contributed by atoms with Gasteiger partial charge in [0.2, 0.25) is 0 Å². The zero-order valence-electron chi connectivity index (χ0n) is 9.38. The van der Waals surface area contributed by atoms with Crippen LogP contribution in [0.3, 0.4) is 0 Å². The van der Waals surface area contributed by atoms with Crippen molar-refractivity contribution in [3.63, 3.8) is 0 Å². The lowest BCUT2D eigenvalue weighted by atomic mass is 10.1. The van der Waals surface area contributed by atoms with E-state index in [4.69, 9.17) is 4.84 Å². The van der Waals surface area contributed by atoms with E-state index in [2.05, 4.69) is 4.89 Å². The van der Waals surface area contributed by atoms with Gasteiger partial charge in [-0.3, -0.25) is 4.84 Å². The minimum atomic E-state index is -3.62. The van der Waals surface area contributed by atoms with E-state index in [0.717, 1.165) is 5.39 Å². The summed E-state index contributed by atoms with van der Waals surface area (Å²) in [5.41, 5.74) is 0. The molecule has 0 aromatic heterocycles. The molecule has 2 rings (SSSR count). The number of hydrogen-bond donors (Lipinski definition) is 1. The highest BCUT2D eigenvalue weighted by Gasteiger charge is 2.16. The lowest BCUT2D eigenvalue weighted by Gasteiger charge is -2.08. The first-order valence-electron chi connectivity index (χ1n) is 5.26. The summed E-state index contributed by atoms with van der Waals surface area (Å²) in [5.74, 6) is 0. The Morgan fingerprint density at radius 1 is 1.12 bits per heavy atom. The van der Waals surface area contributed by atoms with Crippen LogP contribution in [0.25, 0.3) is 10.8 Å². The lowest BCUT2D eigenvalue weighted by Crippen LogP contribution is -2.24. The first-order valence-corrected chi connectivity index (χ1v) is 6.75. The van der Waals surface area contributed by atoms with Gasteiger partial charge in [0.05, 0.1) is 11.5 Å². The predicted molar refractivity (Wildman–Crippen MR) is 65.9 cm³/mol. The Labute approximate surface area is 100 Å². The molecule has 0 radical (unpaired) electrons. The Kier molecular flexibility index (Phi) is 3.42. The fourth-order valence-corrected chi connectivity index (χ4v) is 2.71. The van der Waals surface area contributed by atoms with Gasteiger partial charge in [-0.15, -0.1) is 0 Å². The van der Waals surface area contributed by atoms with Crippen LogP contribution in [0, 0.1) is 0 Å². The summed E-state index contributed by atoms with van der Waals surface area (Å²) in [5, 5.41) is 1.56. The highest BCUT2D eigenvalue weighted by atomic mass is 32.2. The van der Waals surface area contributed by atoms with E-state index in [1.807, 2.05) is 24.3 Å². The van der Waals surface area contributed by atoms with E-state index < -0.39 is 10.0 Å². The molecule has 0 fully saturated rings. The molecule has 17 heavy (non-hydrogen) atoms. The van der Waals surface area contributed by atoms with Crippen LogP contribution in [-0.4, -0.2) is 15.0 Å². The summed E-state index contributed by atoms with van der Waals surface area (Å²) in [4.78, 5) is 7.08. The zero-order chi connectivity index (χ0) is 12.3. The van der Waals surface area contributed by atoms with Crippen LogP contribution in [0.2, 0.25) is 0 Å². The van der Waals surface area contributed by atoms with Gasteiger partial charge in [0.1, 0.15) is 0 Å². The summed E-state index contributed by atoms with van der Waals surface area (Å²) in [6.45, 7) is 2.00. The van der Waals surface area contributed by atoms with E-state index in [1.54, 1.807) is 25.1 Å². The van der Waals surface area contributed by atoms with E-state index >= 15 is 0 Å². The van der Waals surface area contributed by atoms with Crippen LogP contribution < -0.4 is 4.89 Å². The standard InChI is InChI=1S/C12H13NO3S/c1-2-16-13-17(14,15)12-9-5-7-10-6-3-4-8-11(10)12/h3-9,13H,2H2,1H3. The van der Waals surface area contributed by atoms with E-state index in [-0.39, 0.29) is 11.5 Å². The topological polar surface area (TPSA) is 55.4 Å². The van der Waals surface area contributed by atoms with E-state index in [9.17, 15) is 8.42 Å². The number of sulfonamides is 1. The Morgan fingerprint density at radius 3 is 2.59 bits per heavy atom.